The van der Waals surface area contributed by atoms with Gasteiger partial charge in [-0.05, 0) is 43.4 Å². The van der Waals surface area contributed by atoms with Crippen LogP contribution in [0.1, 0.15) is 44.8 Å². The number of ether oxygens (including phenoxy) is 1. The van der Waals surface area contributed by atoms with Crippen LogP contribution < -0.4 is 0 Å². The van der Waals surface area contributed by atoms with Gasteiger partial charge in [0.05, 0.1) is 23.7 Å². The number of aryl methyl sites for hydroxylation is 2. The van der Waals surface area contributed by atoms with Crippen molar-refractivity contribution in [3.05, 3.63) is 45.7 Å². The topological polar surface area (TPSA) is 72.6 Å². The van der Waals surface area contributed by atoms with E-state index in [1.54, 1.807) is 22.0 Å². The third-order valence-electron chi connectivity index (χ3n) is 5.10. The van der Waals surface area contributed by atoms with E-state index < -0.39 is 0 Å². The summed E-state index contributed by atoms with van der Waals surface area (Å²) >= 11 is 1.67. The number of morpholine rings is 1. The lowest BCUT2D eigenvalue weighted by atomic mass is 9.99. The minimum absolute atomic E-state index is 0.113. The second-order valence-electron chi connectivity index (χ2n) is 6.72. The van der Waals surface area contributed by atoms with Gasteiger partial charge in [-0.2, -0.15) is 14.6 Å². The predicted molar refractivity (Wildman–Crippen MR) is 96.3 cm³/mol. The van der Waals surface area contributed by atoms with E-state index >= 15 is 0 Å². The molecule has 1 atom stereocenters. The standard InChI is InChI=1S/C18H19N5O2S/c24-17(16-9-12-3-1-2-4-15(12)26-16)22-7-8-25-14(10-22)13-5-6-19-18-20-11-21-23(13)18/h5-6,9,11,14H,1-4,7-8,10H2/t14-/m0/s1. The van der Waals surface area contributed by atoms with Gasteiger partial charge in [-0.15, -0.1) is 11.3 Å². The molecule has 1 aliphatic heterocycles. The van der Waals surface area contributed by atoms with Crippen LogP contribution in [0.15, 0.2) is 24.7 Å². The summed E-state index contributed by atoms with van der Waals surface area (Å²) in [5, 5.41) is 4.23. The molecule has 1 fully saturated rings. The Bertz CT molecular complexity index is 942. The molecule has 5 rings (SSSR count). The molecule has 3 aromatic rings. The number of rotatable bonds is 2. The van der Waals surface area contributed by atoms with Gasteiger partial charge < -0.3 is 9.64 Å². The first kappa shape index (κ1) is 15.9. The van der Waals surface area contributed by atoms with Crippen molar-refractivity contribution < 1.29 is 9.53 Å². The molecule has 0 bridgehead atoms. The summed E-state index contributed by atoms with van der Waals surface area (Å²) in [6.45, 7) is 1.64. The van der Waals surface area contributed by atoms with Crippen molar-refractivity contribution in [1.82, 2.24) is 24.5 Å². The molecule has 0 N–H and O–H groups in total. The average molecular weight is 369 g/mol. The third kappa shape index (κ3) is 2.69. The van der Waals surface area contributed by atoms with Gasteiger partial charge in [-0.3, -0.25) is 4.79 Å². The quantitative estimate of drug-likeness (QED) is 0.693. The summed E-state index contributed by atoms with van der Waals surface area (Å²) in [6.07, 6.45) is 7.63. The smallest absolute Gasteiger partial charge is 0.264 e. The molecule has 0 saturated carbocycles. The third-order valence-corrected chi connectivity index (χ3v) is 6.33. The van der Waals surface area contributed by atoms with Crippen LogP contribution in [0.5, 0.6) is 0 Å². The monoisotopic (exact) mass is 369 g/mol. The maximum absolute atomic E-state index is 13.0. The highest BCUT2D eigenvalue weighted by atomic mass is 32.1. The zero-order chi connectivity index (χ0) is 17.5. The van der Waals surface area contributed by atoms with E-state index in [-0.39, 0.29) is 12.0 Å². The minimum atomic E-state index is -0.227. The molecular formula is C18H19N5O2S. The number of hydrogen-bond acceptors (Lipinski definition) is 6. The first-order valence-electron chi connectivity index (χ1n) is 8.97. The van der Waals surface area contributed by atoms with Crippen LogP contribution in [0.2, 0.25) is 0 Å². The number of aromatic nitrogens is 4. The molecule has 0 aromatic carbocycles. The van der Waals surface area contributed by atoms with E-state index in [2.05, 4.69) is 21.1 Å². The molecule has 1 aliphatic carbocycles. The average Bonchev–Trinajstić information content (AvgIpc) is 3.33. The molecule has 8 heteroatoms. The number of amides is 1. The first-order valence-corrected chi connectivity index (χ1v) is 9.78. The van der Waals surface area contributed by atoms with Crippen molar-refractivity contribution in [2.75, 3.05) is 19.7 Å². The van der Waals surface area contributed by atoms with E-state index in [0.717, 1.165) is 23.4 Å². The number of thiophene rings is 1. The van der Waals surface area contributed by atoms with Gasteiger partial charge >= 0.3 is 0 Å². The second-order valence-corrected chi connectivity index (χ2v) is 7.86. The number of carbonyl (C=O) groups excluding carboxylic acids is 1. The van der Waals surface area contributed by atoms with Crippen LogP contribution in [-0.2, 0) is 17.6 Å². The number of nitrogens with zero attached hydrogens (tertiary/aromatic N) is 5. The summed E-state index contributed by atoms with van der Waals surface area (Å²) in [5.74, 6) is 0.655. The first-order chi connectivity index (χ1) is 12.8. The molecule has 0 spiro atoms. The maximum Gasteiger partial charge on any atom is 0.264 e. The van der Waals surface area contributed by atoms with Gasteiger partial charge in [-0.1, -0.05) is 0 Å². The lowest BCUT2D eigenvalue weighted by molar-refractivity contribution is -0.0255. The van der Waals surface area contributed by atoms with Crippen LogP contribution in [0.25, 0.3) is 5.78 Å². The Kier molecular flexibility index (Phi) is 3.94. The molecule has 3 aromatic heterocycles. The van der Waals surface area contributed by atoms with Crippen LogP contribution in [0.4, 0.5) is 0 Å². The van der Waals surface area contributed by atoms with Crippen molar-refractivity contribution >= 4 is 23.0 Å². The Morgan fingerprint density at radius 2 is 2.19 bits per heavy atom. The molecular weight excluding hydrogens is 350 g/mol. The van der Waals surface area contributed by atoms with Gasteiger partial charge in [-0.25, -0.2) is 4.98 Å². The zero-order valence-corrected chi connectivity index (χ0v) is 15.1. The predicted octanol–water partition coefficient (Wildman–Crippen LogP) is 2.28. The molecule has 26 heavy (non-hydrogen) atoms. The van der Waals surface area contributed by atoms with Gasteiger partial charge in [0.1, 0.15) is 12.4 Å². The van der Waals surface area contributed by atoms with Gasteiger partial charge in [0.15, 0.2) is 0 Å². The second kappa shape index (κ2) is 6.44. The molecule has 4 heterocycles. The van der Waals surface area contributed by atoms with Crippen molar-refractivity contribution in [3.8, 4) is 0 Å². The maximum atomic E-state index is 13.0. The summed E-state index contributed by atoms with van der Waals surface area (Å²) in [4.78, 5) is 25.5. The highest BCUT2D eigenvalue weighted by Gasteiger charge is 2.29. The zero-order valence-electron chi connectivity index (χ0n) is 14.3. The molecule has 7 nitrogen and oxygen atoms in total. The Morgan fingerprint density at radius 1 is 1.27 bits per heavy atom. The van der Waals surface area contributed by atoms with Crippen LogP contribution >= 0.6 is 11.3 Å². The summed E-state index contributed by atoms with van der Waals surface area (Å²) in [7, 11) is 0. The fraction of sp³-hybridized carbons (Fsp3) is 0.444. The minimum Gasteiger partial charge on any atom is -0.368 e. The molecule has 2 aliphatic rings. The fourth-order valence-corrected chi connectivity index (χ4v) is 4.99. The Labute approximate surface area is 154 Å². The van der Waals surface area contributed by atoms with Crippen LogP contribution in [-0.4, -0.2) is 50.1 Å². The summed E-state index contributed by atoms with van der Waals surface area (Å²) in [6, 6.07) is 3.98. The summed E-state index contributed by atoms with van der Waals surface area (Å²) < 4.78 is 7.62. The molecule has 0 unspecified atom stereocenters. The lowest BCUT2D eigenvalue weighted by Crippen LogP contribution is -2.42. The Morgan fingerprint density at radius 3 is 3.12 bits per heavy atom. The van der Waals surface area contributed by atoms with Gasteiger partial charge in [0, 0.05) is 17.6 Å². The van der Waals surface area contributed by atoms with Crippen molar-refractivity contribution in [3.63, 3.8) is 0 Å². The number of hydrogen-bond donors (Lipinski definition) is 0. The Balaban J connectivity index is 1.39. The molecule has 134 valence electrons. The van der Waals surface area contributed by atoms with Gasteiger partial charge in [0.25, 0.3) is 11.7 Å². The fourth-order valence-electron chi connectivity index (χ4n) is 3.76. The van der Waals surface area contributed by atoms with Crippen molar-refractivity contribution in [1.29, 1.82) is 0 Å². The lowest BCUT2D eigenvalue weighted by Gasteiger charge is -2.32. The molecule has 1 saturated heterocycles. The summed E-state index contributed by atoms with van der Waals surface area (Å²) in [5.41, 5.74) is 2.24. The highest BCUT2D eigenvalue weighted by molar-refractivity contribution is 7.14. The van der Waals surface area contributed by atoms with Crippen LogP contribution in [0, 0.1) is 0 Å². The normalized spacial score (nSPS) is 20.3. The molecule has 0 radical (unpaired) electrons. The van der Waals surface area contributed by atoms with Crippen molar-refractivity contribution in [2.24, 2.45) is 0 Å². The number of carbonyl (C=O) groups is 1. The van der Waals surface area contributed by atoms with Crippen molar-refractivity contribution in [2.45, 2.75) is 31.8 Å². The van der Waals surface area contributed by atoms with E-state index in [1.807, 2.05) is 11.0 Å². The van der Waals surface area contributed by atoms with E-state index in [9.17, 15) is 4.79 Å². The molecule has 1 amide bonds. The number of fused-ring (bicyclic) bond motifs is 2. The van der Waals surface area contributed by atoms with Crippen LogP contribution in [0.3, 0.4) is 0 Å². The van der Waals surface area contributed by atoms with E-state index in [4.69, 9.17) is 4.74 Å². The SMILES string of the molecule is O=C(c1cc2c(s1)CCCC2)N1CCO[C@H](c2ccnc3ncnn23)C1. The van der Waals surface area contributed by atoms with E-state index in [0.29, 0.717) is 25.5 Å². The Hall–Kier alpha value is -2.32. The highest BCUT2D eigenvalue weighted by Crippen LogP contribution is 2.31. The van der Waals surface area contributed by atoms with Gasteiger partial charge in [0.2, 0.25) is 0 Å². The largest absolute Gasteiger partial charge is 0.368 e. The van der Waals surface area contributed by atoms with E-state index in [1.165, 1.54) is 29.6 Å².